The lowest BCUT2D eigenvalue weighted by Gasteiger charge is -2.26. The van der Waals surface area contributed by atoms with E-state index in [0.29, 0.717) is 13.2 Å². The zero-order valence-electron chi connectivity index (χ0n) is 54.4. The van der Waals surface area contributed by atoms with Crippen molar-refractivity contribution < 1.29 is 159 Å². The minimum absolute atomic E-state index is 0. The maximum Gasteiger partial charge on any atom is 0.317 e. The molecule has 0 aromatic heterocycles. The predicted molar refractivity (Wildman–Crippen MR) is 306 cm³/mol. The van der Waals surface area contributed by atoms with Gasteiger partial charge in [0.05, 0.1) is 121 Å². The van der Waals surface area contributed by atoms with Crippen LogP contribution in [0.2, 0.25) is 0 Å². The van der Waals surface area contributed by atoms with Gasteiger partial charge in [-0.05, 0) is 54.0 Å². The second-order valence-electron chi connectivity index (χ2n) is 22.9. The SMILES string of the molecule is CC(=O)OCC(C)(CO)C(=O)OCCC[N+](C)(C)C.CC(=O)OCC(C)(CO)C(=O)OCCC[N+](C)(C)C.CCOC(=O)C(C)(CO)COC(C)=O.CCOC(=O)C(C)(CO)COC(C)=O.COCC(C)(COC)C(=O)OCc1ccccc1.[Br-].[Br-]. The Labute approximate surface area is 530 Å². The van der Waals surface area contributed by atoms with Crippen LogP contribution < -0.4 is 34.0 Å². The van der Waals surface area contributed by atoms with Crippen LogP contribution in [0.4, 0.5) is 0 Å². The number of rotatable bonds is 33. The molecular formula is C58H104Br2N2O24. The number of esters is 9. The molecule has 4 unspecified atom stereocenters. The number of nitrogens with zero attached hydrogens (tertiary/aromatic N) is 2. The summed E-state index contributed by atoms with van der Waals surface area (Å²) < 4.78 is 55.6. The third-order valence-corrected chi connectivity index (χ3v) is 11.3. The number of aliphatic hydroxyl groups excluding tert-OH is 4. The third kappa shape index (κ3) is 44.5. The summed E-state index contributed by atoms with van der Waals surface area (Å²) in [5, 5.41) is 36.5. The molecular weight excluding hydrogens is 1270 g/mol. The van der Waals surface area contributed by atoms with Crippen LogP contribution in [0.1, 0.15) is 94.6 Å². The van der Waals surface area contributed by atoms with Gasteiger partial charge in [-0.15, -0.1) is 0 Å². The summed E-state index contributed by atoms with van der Waals surface area (Å²) in [6, 6.07) is 9.57. The van der Waals surface area contributed by atoms with Gasteiger partial charge in [-0.25, -0.2) is 0 Å². The van der Waals surface area contributed by atoms with Gasteiger partial charge in [0, 0.05) is 54.8 Å². The number of aliphatic hydroxyl groups is 4. The summed E-state index contributed by atoms with van der Waals surface area (Å²) in [5.74, 6) is -4.49. The molecule has 0 spiro atoms. The molecule has 0 saturated heterocycles. The average molecular weight is 1370 g/mol. The molecule has 1 aromatic rings. The van der Waals surface area contributed by atoms with Gasteiger partial charge in [0.2, 0.25) is 0 Å². The standard InChI is InChI=1S/C14H20O4.2C13H26NO5.2C9H16O5.2BrH/c1-14(10-16-2,11-17-3)13(15)18-9-12-7-5-4-6-8-12;2*1-11(16)19-10-13(2,9-15)12(17)18-8-6-7-14(3,4)5;2*1-4-13-8(12)9(3,5-10)6-14-7(2)11;;/h4-8H,9-11H2,1-3H3;2*15H,6-10H2,1-5H3;2*10H,4-6H2,1-3H3;2*1H/q;2*+1;;;;/p-2. The van der Waals surface area contributed by atoms with E-state index in [2.05, 4.69) is 51.8 Å². The number of hydrogen-bond acceptors (Lipinski definition) is 24. The highest BCUT2D eigenvalue weighted by molar-refractivity contribution is 5.79. The first kappa shape index (κ1) is 92.2. The van der Waals surface area contributed by atoms with Gasteiger partial charge < -0.3 is 115 Å². The molecule has 4 N–H and O–H groups in total. The molecule has 0 heterocycles. The lowest BCUT2D eigenvalue weighted by Crippen LogP contribution is -3.00. The van der Waals surface area contributed by atoms with Crippen LogP contribution in [0.25, 0.3) is 0 Å². The van der Waals surface area contributed by atoms with Gasteiger partial charge in [-0.1, -0.05) is 30.3 Å². The van der Waals surface area contributed by atoms with Crippen molar-refractivity contribution in [3.8, 4) is 0 Å². The van der Waals surface area contributed by atoms with Crippen LogP contribution in [0, 0.1) is 27.1 Å². The average Bonchev–Trinajstić information content (AvgIpc) is 3.59. The van der Waals surface area contributed by atoms with Crippen molar-refractivity contribution in [2.75, 3.05) is 162 Å². The van der Waals surface area contributed by atoms with E-state index in [1.807, 2.05) is 30.3 Å². The van der Waals surface area contributed by atoms with Crippen LogP contribution >= 0.6 is 0 Å². The lowest BCUT2D eigenvalue weighted by molar-refractivity contribution is -0.870. The Morgan fingerprint density at radius 2 is 0.651 bits per heavy atom. The zero-order chi connectivity index (χ0) is 66.0. The second-order valence-corrected chi connectivity index (χ2v) is 22.9. The molecule has 0 fully saturated rings. The summed E-state index contributed by atoms with van der Waals surface area (Å²) in [7, 11) is 15.4. The third-order valence-electron chi connectivity index (χ3n) is 11.3. The summed E-state index contributed by atoms with van der Waals surface area (Å²) in [5.41, 5.74) is -4.52. The largest absolute Gasteiger partial charge is 1.00 e. The van der Waals surface area contributed by atoms with Crippen LogP contribution in [0.15, 0.2) is 30.3 Å². The number of carbonyl (C=O) groups is 9. The first-order chi connectivity index (χ1) is 38.7. The second kappa shape index (κ2) is 48.1. The van der Waals surface area contributed by atoms with E-state index >= 15 is 0 Å². The Balaban J connectivity index is -0.000000233. The van der Waals surface area contributed by atoms with Gasteiger partial charge in [0.1, 0.15) is 60.1 Å². The summed E-state index contributed by atoms with van der Waals surface area (Å²) in [6.45, 7) is 17.3. The monoisotopic (exact) mass is 1370 g/mol. The van der Waals surface area contributed by atoms with Crippen molar-refractivity contribution in [2.45, 2.75) is 95.6 Å². The quantitative estimate of drug-likeness (QED) is 0.0231. The highest BCUT2D eigenvalue weighted by Crippen LogP contribution is 2.23. The summed E-state index contributed by atoms with van der Waals surface area (Å²) in [4.78, 5) is 101. The van der Waals surface area contributed by atoms with E-state index in [9.17, 15) is 53.4 Å². The van der Waals surface area contributed by atoms with Gasteiger partial charge in [0.25, 0.3) is 0 Å². The number of methoxy groups -OCH3 is 2. The van der Waals surface area contributed by atoms with E-state index in [1.54, 1.807) is 35.0 Å². The number of benzene rings is 1. The molecule has 1 aromatic carbocycles. The first-order valence-corrected chi connectivity index (χ1v) is 27.2. The Kier molecular flexibility index (Phi) is 51.6. The van der Waals surface area contributed by atoms with E-state index < -0.39 is 101 Å². The Morgan fingerprint density at radius 1 is 0.395 bits per heavy atom. The van der Waals surface area contributed by atoms with Crippen molar-refractivity contribution in [1.29, 1.82) is 0 Å². The topological polar surface area (TPSA) is 336 Å². The number of halogens is 2. The van der Waals surface area contributed by atoms with Gasteiger partial charge in [-0.2, -0.15) is 0 Å². The molecule has 28 heteroatoms. The van der Waals surface area contributed by atoms with E-state index in [-0.39, 0.29) is 99.4 Å². The fourth-order valence-corrected chi connectivity index (χ4v) is 5.78. The smallest absolute Gasteiger partial charge is 0.317 e. The van der Waals surface area contributed by atoms with Crippen molar-refractivity contribution >= 4 is 53.7 Å². The van der Waals surface area contributed by atoms with E-state index in [0.717, 1.165) is 40.5 Å². The molecule has 504 valence electrons. The summed E-state index contributed by atoms with van der Waals surface area (Å²) >= 11 is 0. The minimum atomic E-state index is -1.19. The number of carbonyl (C=O) groups excluding carboxylic acids is 9. The molecule has 1 rings (SSSR count). The van der Waals surface area contributed by atoms with Crippen LogP contribution in [-0.4, -0.2) is 245 Å². The normalized spacial score (nSPS) is 13.5. The fraction of sp³-hybridized carbons (Fsp3) is 0.741. The van der Waals surface area contributed by atoms with Crippen molar-refractivity contribution in [3.05, 3.63) is 35.9 Å². The number of hydrogen-bond donors (Lipinski definition) is 4. The van der Waals surface area contributed by atoms with Crippen LogP contribution in [-0.2, 0) is 102 Å². The molecule has 0 aliphatic heterocycles. The van der Waals surface area contributed by atoms with Crippen LogP contribution in [0.5, 0.6) is 0 Å². The molecule has 4 atom stereocenters. The van der Waals surface area contributed by atoms with Crippen molar-refractivity contribution in [1.82, 2.24) is 0 Å². The maximum absolute atomic E-state index is 12.0. The minimum Gasteiger partial charge on any atom is -1.00 e. The Hall–Kier alpha value is -4.91. The van der Waals surface area contributed by atoms with Gasteiger partial charge >= 0.3 is 53.7 Å². The van der Waals surface area contributed by atoms with E-state index in [4.69, 9.17) is 52.8 Å². The molecule has 26 nitrogen and oxygen atoms in total. The molecule has 0 aliphatic carbocycles. The molecule has 0 saturated carbocycles. The maximum atomic E-state index is 12.0. The predicted octanol–water partition coefficient (Wildman–Crippen LogP) is -3.37. The number of ether oxygens (including phenoxy) is 11. The molecule has 0 radical (unpaired) electrons. The Bertz CT molecular complexity index is 1980. The molecule has 0 bridgehead atoms. The molecule has 0 amide bonds. The summed E-state index contributed by atoms with van der Waals surface area (Å²) in [6.07, 6.45) is 1.48. The van der Waals surface area contributed by atoms with Gasteiger partial charge in [0.15, 0.2) is 0 Å². The van der Waals surface area contributed by atoms with Crippen LogP contribution in [0.3, 0.4) is 0 Å². The lowest BCUT2D eigenvalue weighted by atomic mass is 9.93. The highest BCUT2D eigenvalue weighted by Gasteiger charge is 2.39. The van der Waals surface area contributed by atoms with E-state index in [1.165, 1.54) is 55.4 Å². The molecule has 86 heavy (non-hydrogen) atoms. The Morgan fingerprint density at radius 3 is 0.872 bits per heavy atom. The molecule has 0 aliphatic rings. The highest BCUT2D eigenvalue weighted by atomic mass is 79.9. The van der Waals surface area contributed by atoms with Crippen molar-refractivity contribution in [3.63, 3.8) is 0 Å². The fourth-order valence-electron chi connectivity index (χ4n) is 5.78. The van der Waals surface area contributed by atoms with Crippen molar-refractivity contribution in [2.24, 2.45) is 27.1 Å². The first-order valence-electron chi connectivity index (χ1n) is 27.2. The number of quaternary nitrogens is 2. The zero-order valence-corrected chi connectivity index (χ0v) is 57.6. The van der Waals surface area contributed by atoms with Gasteiger partial charge in [-0.3, -0.25) is 43.2 Å².